The highest BCUT2D eigenvalue weighted by Crippen LogP contribution is 2.36. The lowest BCUT2D eigenvalue weighted by Crippen LogP contribution is -2.57. The quantitative estimate of drug-likeness (QED) is 0.618. The second kappa shape index (κ2) is 5.76. The molecule has 0 aliphatic heterocycles. The van der Waals surface area contributed by atoms with Crippen LogP contribution in [0.3, 0.4) is 0 Å². The Bertz CT molecular complexity index is 467. The van der Waals surface area contributed by atoms with Gasteiger partial charge in [0, 0.05) is 19.1 Å². The third kappa shape index (κ3) is 2.76. The Labute approximate surface area is 119 Å². The minimum atomic E-state index is -0.0540. The highest BCUT2D eigenvalue weighted by molar-refractivity contribution is 5.92. The number of rotatable bonds is 5. The molecule has 6 nitrogen and oxygen atoms in total. The van der Waals surface area contributed by atoms with Crippen molar-refractivity contribution in [3.05, 3.63) is 24.0 Å². The van der Waals surface area contributed by atoms with Gasteiger partial charge < -0.3 is 15.2 Å². The van der Waals surface area contributed by atoms with Crippen molar-refractivity contribution in [1.29, 1.82) is 0 Å². The van der Waals surface area contributed by atoms with Crippen LogP contribution in [0.25, 0.3) is 0 Å². The number of anilines is 1. The zero-order valence-electron chi connectivity index (χ0n) is 12.4. The van der Waals surface area contributed by atoms with E-state index in [1.807, 2.05) is 7.05 Å². The van der Waals surface area contributed by atoms with Gasteiger partial charge in [0.2, 0.25) is 0 Å². The Morgan fingerprint density at radius 3 is 2.50 bits per heavy atom. The summed E-state index contributed by atoms with van der Waals surface area (Å²) in [5.74, 6) is 5.23. The zero-order valence-corrected chi connectivity index (χ0v) is 12.4. The molecule has 1 aromatic heterocycles. The van der Waals surface area contributed by atoms with Crippen LogP contribution in [-0.2, 0) is 0 Å². The van der Waals surface area contributed by atoms with Gasteiger partial charge in [0.15, 0.2) is 0 Å². The van der Waals surface area contributed by atoms with Gasteiger partial charge in [0.1, 0.15) is 5.69 Å². The Kier molecular flexibility index (Phi) is 4.25. The van der Waals surface area contributed by atoms with E-state index in [0.29, 0.717) is 11.4 Å². The summed E-state index contributed by atoms with van der Waals surface area (Å²) in [5, 5.41) is 0. The number of hydrogen-bond acceptors (Lipinski definition) is 5. The number of amides is 1. The van der Waals surface area contributed by atoms with Crippen LogP contribution in [0.15, 0.2) is 18.3 Å². The Morgan fingerprint density at radius 1 is 1.40 bits per heavy atom. The third-order valence-electron chi connectivity index (χ3n) is 4.26. The average Bonchev–Trinajstić information content (AvgIpc) is 2.41. The predicted molar refractivity (Wildman–Crippen MR) is 79.3 cm³/mol. The van der Waals surface area contributed by atoms with Crippen molar-refractivity contribution in [3.63, 3.8) is 0 Å². The van der Waals surface area contributed by atoms with E-state index in [2.05, 4.69) is 29.4 Å². The number of likely N-dealkylation sites (N-methyl/N-ethyl adjacent to an activating group) is 2. The Morgan fingerprint density at radius 2 is 2.10 bits per heavy atom. The van der Waals surface area contributed by atoms with Gasteiger partial charge in [-0.2, -0.15) is 0 Å². The lowest BCUT2D eigenvalue weighted by Gasteiger charge is -2.49. The molecule has 1 aliphatic rings. The third-order valence-corrected chi connectivity index (χ3v) is 4.26. The van der Waals surface area contributed by atoms with Gasteiger partial charge in [-0.05, 0) is 45.5 Å². The van der Waals surface area contributed by atoms with E-state index >= 15 is 0 Å². The average molecular weight is 277 g/mol. The van der Waals surface area contributed by atoms with Crippen LogP contribution in [0.1, 0.15) is 29.8 Å². The van der Waals surface area contributed by atoms with Crippen LogP contribution >= 0.6 is 0 Å². The topological polar surface area (TPSA) is 74.5 Å². The highest BCUT2D eigenvalue weighted by atomic mass is 16.2. The van der Waals surface area contributed by atoms with Crippen molar-refractivity contribution in [3.8, 4) is 0 Å². The molecule has 0 spiro atoms. The number of carbonyl (C=O) groups is 1. The fraction of sp³-hybridized carbons (Fsp3) is 0.571. The molecule has 1 saturated carbocycles. The number of hydrazine groups is 1. The van der Waals surface area contributed by atoms with Crippen LogP contribution < -0.4 is 11.3 Å². The van der Waals surface area contributed by atoms with Crippen LogP contribution in [0.4, 0.5) is 5.69 Å². The molecule has 110 valence electrons. The molecule has 1 heterocycles. The van der Waals surface area contributed by atoms with Crippen molar-refractivity contribution in [2.75, 3.05) is 33.1 Å². The van der Waals surface area contributed by atoms with Crippen molar-refractivity contribution >= 4 is 11.6 Å². The van der Waals surface area contributed by atoms with Gasteiger partial charge >= 0.3 is 0 Å². The van der Waals surface area contributed by atoms with Gasteiger partial charge in [0.05, 0.1) is 11.9 Å². The second-order valence-corrected chi connectivity index (χ2v) is 5.71. The first-order chi connectivity index (χ1) is 9.48. The van der Waals surface area contributed by atoms with Crippen LogP contribution in [-0.4, -0.2) is 53.9 Å². The van der Waals surface area contributed by atoms with E-state index < -0.39 is 0 Å². The van der Waals surface area contributed by atoms with E-state index in [-0.39, 0.29) is 11.4 Å². The molecular formula is C14H23N5O. The molecule has 0 saturated heterocycles. The summed E-state index contributed by atoms with van der Waals surface area (Å²) in [4.78, 5) is 20.5. The van der Waals surface area contributed by atoms with Crippen LogP contribution in [0, 0.1) is 0 Å². The number of carbonyl (C=O) groups excluding carboxylic acids is 1. The standard InChI is InChI=1S/C14H23N5O/c1-18(2)14(7-4-8-14)10-19(3)13(20)12-6-5-11(17-15)9-16-12/h5-6,9,17H,4,7-8,10,15H2,1-3H3. The predicted octanol–water partition coefficient (Wildman–Crippen LogP) is 0.924. The molecular weight excluding hydrogens is 254 g/mol. The normalized spacial score (nSPS) is 16.6. The number of nitrogens with zero attached hydrogens (tertiary/aromatic N) is 3. The van der Waals surface area contributed by atoms with Gasteiger partial charge in [0.25, 0.3) is 5.91 Å². The fourth-order valence-electron chi connectivity index (χ4n) is 2.65. The Balaban J connectivity index is 2.04. The first-order valence-corrected chi connectivity index (χ1v) is 6.84. The summed E-state index contributed by atoms with van der Waals surface area (Å²) in [6.45, 7) is 0.734. The molecule has 1 aliphatic carbocycles. The van der Waals surface area contributed by atoms with Crippen molar-refractivity contribution in [1.82, 2.24) is 14.8 Å². The minimum Gasteiger partial charge on any atom is -0.339 e. The highest BCUT2D eigenvalue weighted by Gasteiger charge is 2.40. The van der Waals surface area contributed by atoms with E-state index in [1.54, 1.807) is 23.2 Å². The van der Waals surface area contributed by atoms with Crippen LogP contribution in [0.5, 0.6) is 0 Å². The minimum absolute atomic E-state index is 0.0540. The molecule has 1 aromatic rings. The smallest absolute Gasteiger partial charge is 0.272 e. The van der Waals surface area contributed by atoms with Gasteiger partial charge in [-0.3, -0.25) is 10.6 Å². The van der Waals surface area contributed by atoms with E-state index in [0.717, 1.165) is 19.4 Å². The first kappa shape index (κ1) is 14.7. The molecule has 20 heavy (non-hydrogen) atoms. The summed E-state index contributed by atoms with van der Waals surface area (Å²) in [6, 6.07) is 3.44. The molecule has 1 amide bonds. The largest absolute Gasteiger partial charge is 0.339 e. The maximum Gasteiger partial charge on any atom is 0.272 e. The number of pyridine rings is 1. The summed E-state index contributed by atoms with van der Waals surface area (Å²) in [6.07, 6.45) is 5.07. The summed E-state index contributed by atoms with van der Waals surface area (Å²) >= 11 is 0. The van der Waals surface area contributed by atoms with Gasteiger partial charge in [-0.15, -0.1) is 0 Å². The summed E-state index contributed by atoms with van der Waals surface area (Å²) < 4.78 is 0. The SMILES string of the molecule is CN(CC1(N(C)C)CCC1)C(=O)c1ccc(NN)cn1. The first-order valence-electron chi connectivity index (χ1n) is 6.84. The molecule has 0 bridgehead atoms. The number of hydrogen-bond donors (Lipinski definition) is 2. The summed E-state index contributed by atoms with van der Waals surface area (Å²) in [5.41, 5.74) is 3.76. The maximum atomic E-state index is 12.4. The van der Waals surface area contributed by atoms with Gasteiger partial charge in [-0.1, -0.05) is 0 Å². The Hall–Kier alpha value is -1.66. The van der Waals surface area contributed by atoms with Gasteiger partial charge in [-0.25, -0.2) is 4.98 Å². The van der Waals surface area contributed by atoms with Crippen molar-refractivity contribution in [2.45, 2.75) is 24.8 Å². The molecule has 1 fully saturated rings. The van der Waals surface area contributed by atoms with Crippen molar-refractivity contribution in [2.24, 2.45) is 5.84 Å². The van der Waals surface area contributed by atoms with Crippen LogP contribution in [0.2, 0.25) is 0 Å². The maximum absolute atomic E-state index is 12.4. The summed E-state index contributed by atoms with van der Waals surface area (Å²) in [7, 11) is 6.00. The number of nitrogen functional groups attached to an aromatic ring is 1. The van der Waals surface area contributed by atoms with E-state index in [4.69, 9.17) is 5.84 Å². The molecule has 6 heteroatoms. The molecule has 0 aromatic carbocycles. The number of aromatic nitrogens is 1. The fourth-order valence-corrected chi connectivity index (χ4v) is 2.65. The van der Waals surface area contributed by atoms with E-state index in [9.17, 15) is 4.79 Å². The molecule has 2 rings (SSSR count). The monoisotopic (exact) mass is 277 g/mol. The van der Waals surface area contributed by atoms with E-state index in [1.165, 1.54) is 6.42 Å². The lowest BCUT2D eigenvalue weighted by molar-refractivity contribution is 0.0250. The number of nitrogens with two attached hydrogens (primary N) is 1. The number of nitrogens with one attached hydrogen (secondary N) is 1. The molecule has 0 atom stereocenters. The molecule has 0 radical (unpaired) electrons. The zero-order chi connectivity index (χ0) is 14.8. The molecule has 0 unspecified atom stereocenters. The lowest BCUT2D eigenvalue weighted by atomic mass is 9.75. The second-order valence-electron chi connectivity index (χ2n) is 5.71. The van der Waals surface area contributed by atoms with Crippen molar-refractivity contribution < 1.29 is 4.79 Å². The molecule has 3 N–H and O–H groups in total.